The molecule has 6 rings (SSSR count). The van der Waals surface area contributed by atoms with Gasteiger partial charge in [0.2, 0.25) is 5.95 Å². The number of aryl methyl sites for hydroxylation is 1. The highest BCUT2D eigenvalue weighted by Crippen LogP contribution is 2.33. The van der Waals surface area contributed by atoms with E-state index in [1.807, 2.05) is 19.1 Å². The van der Waals surface area contributed by atoms with Crippen LogP contribution in [-0.4, -0.2) is 66.5 Å². The van der Waals surface area contributed by atoms with Crippen molar-refractivity contribution in [2.75, 3.05) is 60.2 Å². The lowest BCUT2D eigenvalue weighted by Crippen LogP contribution is -2.44. The van der Waals surface area contributed by atoms with E-state index in [0.29, 0.717) is 47.6 Å². The highest BCUT2D eigenvalue weighted by molar-refractivity contribution is 6.34. The molecule has 46 heavy (non-hydrogen) atoms. The van der Waals surface area contributed by atoms with Gasteiger partial charge in [0.05, 0.1) is 27.4 Å². The molecule has 3 aromatic carbocycles. The standard InChI is InChI=1S/C33H31ClF3N7O2/c1-20-3-5-23(39-30(45)25-17-21(33(35,36)37)4-10-27(25)34)18-29(20)44-12-11-28-26(31(44)46)19-38-32(41-28)40-22-6-8-24(9-7-22)43-15-13-42(2)14-16-43/h3-10,17-19H,11-16H2,1-2H3,(H,39,45)(H,38,40,41). The number of benzene rings is 3. The fourth-order valence-electron chi connectivity index (χ4n) is 5.54. The SMILES string of the molecule is Cc1ccc(NC(=O)c2cc(C(F)(F)F)ccc2Cl)cc1N1CCc2nc(Nc3ccc(N4CCN(C)CC4)cc3)ncc2C1=O. The molecule has 13 heteroatoms. The van der Waals surface area contributed by atoms with Gasteiger partial charge in [-0.1, -0.05) is 17.7 Å². The lowest BCUT2D eigenvalue weighted by atomic mass is 10.0. The molecule has 0 bridgehead atoms. The summed E-state index contributed by atoms with van der Waals surface area (Å²) in [4.78, 5) is 41.8. The van der Waals surface area contributed by atoms with Crippen LogP contribution in [0.3, 0.4) is 0 Å². The minimum Gasteiger partial charge on any atom is -0.369 e. The monoisotopic (exact) mass is 649 g/mol. The highest BCUT2D eigenvalue weighted by Gasteiger charge is 2.32. The van der Waals surface area contributed by atoms with Crippen LogP contribution in [0.4, 0.5) is 41.9 Å². The number of hydrogen-bond donors (Lipinski definition) is 2. The predicted octanol–water partition coefficient (Wildman–Crippen LogP) is 6.41. The van der Waals surface area contributed by atoms with Crippen LogP contribution in [0.2, 0.25) is 5.02 Å². The van der Waals surface area contributed by atoms with Crippen molar-refractivity contribution in [1.82, 2.24) is 14.9 Å². The summed E-state index contributed by atoms with van der Waals surface area (Å²) in [6, 6.07) is 15.6. The molecule has 0 aliphatic carbocycles. The molecule has 0 unspecified atom stereocenters. The largest absolute Gasteiger partial charge is 0.416 e. The van der Waals surface area contributed by atoms with Gasteiger partial charge in [0.25, 0.3) is 11.8 Å². The molecule has 0 saturated carbocycles. The van der Waals surface area contributed by atoms with E-state index in [9.17, 15) is 22.8 Å². The molecule has 9 nitrogen and oxygen atoms in total. The lowest BCUT2D eigenvalue weighted by Gasteiger charge is -2.34. The zero-order valence-corrected chi connectivity index (χ0v) is 25.9. The molecule has 1 aromatic heterocycles. The van der Waals surface area contributed by atoms with Crippen molar-refractivity contribution in [3.8, 4) is 0 Å². The Bertz CT molecular complexity index is 1790. The molecule has 0 atom stereocenters. The number of halogens is 4. The average molecular weight is 650 g/mol. The number of likely N-dealkylation sites (N-methyl/N-ethyl adjacent to an activating group) is 1. The second-order valence-electron chi connectivity index (χ2n) is 11.4. The maximum Gasteiger partial charge on any atom is 0.416 e. The van der Waals surface area contributed by atoms with E-state index < -0.39 is 17.6 Å². The molecule has 2 aliphatic rings. The Morgan fingerprint density at radius 2 is 1.65 bits per heavy atom. The Balaban J connectivity index is 1.15. The third-order valence-corrected chi connectivity index (χ3v) is 8.53. The number of piperazine rings is 1. The number of nitrogens with zero attached hydrogens (tertiary/aromatic N) is 5. The van der Waals surface area contributed by atoms with Crippen LogP contribution in [-0.2, 0) is 12.6 Å². The maximum atomic E-state index is 13.6. The van der Waals surface area contributed by atoms with Crippen molar-refractivity contribution in [2.24, 2.45) is 0 Å². The molecule has 2 amide bonds. The van der Waals surface area contributed by atoms with Crippen molar-refractivity contribution in [1.29, 1.82) is 0 Å². The normalized spacial score (nSPS) is 15.5. The first kappa shape index (κ1) is 31.3. The van der Waals surface area contributed by atoms with E-state index in [-0.39, 0.29) is 16.5 Å². The Hall–Kier alpha value is -4.68. The molecular weight excluding hydrogens is 619 g/mol. The maximum absolute atomic E-state index is 13.6. The summed E-state index contributed by atoms with van der Waals surface area (Å²) in [7, 11) is 2.13. The van der Waals surface area contributed by atoms with Crippen LogP contribution in [0.5, 0.6) is 0 Å². The Morgan fingerprint density at radius 3 is 2.37 bits per heavy atom. The van der Waals surface area contributed by atoms with Gasteiger partial charge >= 0.3 is 6.18 Å². The lowest BCUT2D eigenvalue weighted by molar-refractivity contribution is -0.137. The minimum atomic E-state index is -4.63. The van der Waals surface area contributed by atoms with Gasteiger partial charge < -0.3 is 25.3 Å². The fourth-order valence-corrected chi connectivity index (χ4v) is 5.75. The van der Waals surface area contributed by atoms with Crippen molar-refractivity contribution in [3.05, 3.63) is 99.8 Å². The summed E-state index contributed by atoms with van der Waals surface area (Å²) in [6.45, 7) is 6.18. The summed E-state index contributed by atoms with van der Waals surface area (Å²) >= 11 is 6.05. The summed E-state index contributed by atoms with van der Waals surface area (Å²) in [6.07, 6.45) is -2.65. The average Bonchev–Trinajstić information content (AvgIpc) is 3.03. The molecule has 1 fully saturated rings. The third-order valence-electron chi connectivity index (χ3n) is 8.20. The number of nitrogens with one attached hydrogen (secondary N) is 2. The Morgan fingerprint density at radius 1 is 0.935 bits per heavy atom. The minimum absolute atomic E-state index is 0.114. The predicted molar refractivity (Wildman–Crippen MR) is 172 cm³/mol. The number of hydrogen-bond acceptors (Lipinski definition) is 7. The van der Waals surface area contributed by atoms with E-state index in [2.05, 4.69) is 49.6 Å². The van der Waals surface area contributed by atoms with E-state index in [4.69, 9.17) is 11.6 Å². The summed E-state index contributed by atoms with van der Waals surface area (Å²) in [5.74, 6) is -0.707. The van der Waals surface area contributed by atoms with Crippen LogP contribution >= 0.6 is 11.6 Å². The summed E-state index contributed by atoms with van der Waals surface area (Å²) in [5, 5.41) is 5.72. The number of aromatic nitrogens is 2. The van der Waals surface area contributed by atoms with Gasteiger partial charge in [0, 0.05) is 68.1 Å². The number of alkyl halides is 3. The van der Waals surface area contributed by atoms with Crippen LogP contribution in [0.1, 0.15) is 37.5 Å². The first-order valence-corrected chi connectivity index (χ1v) is 15.1. The van der Waals surface area contributed by atoms with Crippen molar-refractivity contribution < 1.29 is 22.8 Å². The second-order valence-corrected chi connectivity index (χ2v) is 11.8. The van der Waals surface area contributed by atoms with Gasteiger partial charge in [-0.3, -0.25) is 9.59 Å². The van der Waals surface area contributed by atoms with Gasteiger partial charge in [-0.15, -0.1) is 0 Å². The second kappa shape index (κ2) is 12.6. The van der Waals surface area contributed by atoms with Gasteiger partial charge in [0.15, 0.2) is 0 Å². The smallest absolute Gasteiger partial charge is 0.369 e. The first-order valence-electron chi connectivity index (χ1n) is 14.7. The number of carbonyl (C=O) groups excluding carboxylic acids is 2. The van der Waals surface area contributed by atoms with Crippen LogP contribution in [0.25, 0.3) is 0 Å². The topological polar surface area (TPSA) is 93.7 Å². The van der Waals surface area contributed by atoms with Gasteiger partial charge in [-0.05, 0) is 74.1 Å². The molecule has 238 valence electrons. The van der Waals surface area contributed by atoms with Crippen molar-refractivity contribution >= 4 is 52.1 Å². The zero-order valence-electron chi connectivity index (χ0n) is 25.2. The van der Waals surface area contributed by atoms with Crippen molar-refractivity contribution in [2.45, 2.75) is 19.5 Å². The van der Waals surface area contributed by atoms with E-state index in [1.165, 1.54) is 6.20 Å². The number of rotatable bonds is 6. The number of anilines is 5. The van der Waals surface area contributed by atoms with Gasteiger partial charge in [-0.2, -0.15) is 13.2 Å². The van der Waals surface area contributed by atoms with Crippen LogP contribution in [0, 0.1) is 6.92 Å². The number of amides is 2. The molecule has 0 radical (unpaired) electrons. The Kier molecular flexibility index (Phi) is 8.58. The van der Waals surface area contributed by atoms with Crippen LogP contribution in [0.15, 0.2) is 66.9 Å². The van der Waals surface area contributed by atoms with E-state index in [1.54, 1.807) is 23.1 Å². The van der Waals surface area contributed by atoms with Crippen molar-refractivity contribution in [3.63, 3.8) is 0 Å². The number of fused-ring (bicyclic) bond motifs is 1. The fraction of sp³-hybridized carbons (Fsp3) is 0.273. The molecular formula is C33H31ClF3N7O2. The summed E-state index contributed by atoms with van der Waals surface area (Å²) < 4.78 is 39.6. The molecule has 4 aromatic rings. The number of carbonyl (C=O) groups is 2. The van der Waals surface area contributed by atoms with E-state index >= 15 is 0 Å². The molecule has 3 heterocycles. The van der Waals surface area contributed by atoms with Gasteiger partial charge in [0.1, 0.15) is 0 Å². The third kappa shape index (κ3) is 6.63. The van der Waals surface area contributed by atoms with Crippen LogP contribution < -0.4 is 20.4 Å². The summed E-state index contributed by atoms with van der Waals surface area (Å²) in [5.41, 5.74) is 3.31. The highest BCUT2D eigenvalue weighted by atomic mass is 35.5. The molecule has 0 spiro atoms. The molecule has 2 N–H and O–H groups in total. The quantitative estimate of drug-likeness (QED) is 0.249. The zero-order chi connectivity index (χ0) is 32.6. The van der Waals surface area contributed by atoms with Gasteiger partial charge in [-0.25, -0.2) is 9.97 Å². The molecule has 1 saturated heterocycles. The molecule has 2 aliphatic heterocycles. The van der Waals surface area contributed by atoms with E-state index in [0.717, 1.165) is 55.2 Å². The first-order chi connectivity index (χ1) is 22.0. The Labute approximate surface area is 269 Å².